The van der Waals surface area contributed by atoms with Crippen LogP contribution in [0.25, 0.3) is 0 Å². The van der Waals surface area contributed by atoms with Gasteiger partial charge in [-0.25, -0.2) is 0 Å². The lowest BCUT2D eigenvalue weighted by atomic mass is 10.2. The average Bonchev–Trinajstić information content (AvgIpc) is 2.14. The fourth-order valence-corrected chi connectivity index (χ4v) is 1.61. The zero-order valence-corrected chi connectivity index (χ0v) is 10.4. The first-order chi connectivity index (χ1) is 7.30. The zero-order valence-electron chi connectivity index (χ0n) is 8.04. The van der Waals surface area contributed by atoms with E-state index in [1.165, 1.54) is 6.07 Å². The second-order valence-electron chi connectivity index (χ2n) is 3.06. The lowest BCUT2D eigenvalue weighted by molar-refractivity contribution is -0.137. The van der Waals surface area contributed by atoms with Crippen LogP contribution in [0.3, 0.4) is 0 Å². The van der Waals surface area contributed by atoms with Crippen molar-refractivity contribution in [3.05, 3.63) is 39.8 Å². The van der Waals surface area contributed by atoms with E-state index >= 15 is 0 Å². The van der Waals surface area contributed by atoms with Gasteiger partial charge in [-0.2, -0.15) is 13.2 Å². The minimum absolute atomic E-state index is 0.297. The van der Waals surface area contributed by atoms with Crippen LogP contribution in [-0.2, 0) is 6.18 Å². The third kappa shape index (κ3) is 3.72. The number of alkyl halides is 3. The molecule has 88 valence electrons. The van der Waals surface area contributed by atoms with Gasteiger partial charge in [-0.05, 0) is 34.1 Å². The summed E-state index contributed by atoms with van der Waals surface area (Å²) in [5.41, 5.74) is -0.163. The van der Waals surface area contributed by atoms with E-state index in [-0.39, 0.29) is 0 Å². The number of halogens is 5. The van der Waals surface area contributed by atoms with Crippen LogP contribution in [0.5, 0.6) is 0 Å². The molecule has 16 heavy (non-hydrogen) atoms. The molecule has 1 aromatic carbocycles. The van der Waals surface area contributed by atoms with E-state index in [2.05, 4.69) is 27.8 Å². The first-order valence-corrected chi connectivity index (χ1v) is 5.41. The summed E-state index contributed by atoms with van der Waals surface area (Å²) >= 11 is 8.59. The predicted molar refractivity (Wildman–Crippen MR) is 62.6 cm³/mol. The van der Waals surface area contributed by atoms with Crippen molar-refractivity contribution in [2.45, 2.75) is 6.18 Å². The third-order valence-electron chi connectivity index (χ3n) is 1.77. The zero-order chi connectivity index (χ0) is 12.3. The maximum atomic E-state index is 12.3. The summed E-state index contributed by atoms with van der Waals surface area (Å²) in [6, 6.07) is 3.36. The van der Waals surface area contributed by atoms with Crippen LogP contribution in [0, 0.1) is 0 Å². The van der Waals surface area contributed by atoms with Crippen molar-refractivity contribution < 1.29 is 13.2 Å². The second kappa shape index (κ2) is 5.10. The van der Waals surface area contributed by atoms with E-state index < -0.39 is 11.7 Å². The van der Waals surface area contributed by atoms with Crippen LogP contribution in [-0.4, -0.2) is 6.54 Å². The van der Waals surface area contributed by atoms with Crippen LogP contribution < -0.4 is 5.32 Å². The van der Waals surface area contributed by atoms with Gasteiger partial charge in [0, 0.05) is 15.2 Å². The van der Waals surface area contributed by atoms with E-state index in [1.54, 1.807) is 0 Å². The molecule has 0 amide bonds. The van der Waals surface area contributed by atoms with Gasteiger partial charge in [0.25, 0.3) is 0 Å². The van der Waals surface area contributed by atoms with Gasteiger partial charge in [0.2, 0.25) is 0 Å². The molecule has 0 aliphatic heterocycles. The van der Waals surface area contributed by atoms with E-state index in [0.717, 1.165) is 12.1 Å². The van der Waals surface area contributed by atoms with Crippen LogP contribution >= 0.6 is 27.5 Å². The normalized spacial score (nSPS) is 11.3. The lowest BCUT2D eigenvalue weighted by Gasteiger charge is -2.11. The Hall–Kier alpha value is -0.680. The van der Waals surface area contributed by atoms with Gasteiger partial charge in [-0.15, -0.1) is 0 Å². The minimum Gasteiger partial charge on any atom is -0.379 e. The molecule has 0 saturated heterocycles. The van der Waals surface area contributed by atoms with E-state index in [0.29, 0.717) is 21.7 Å². The van der Waals surface area contributed by atoms with Crippen molar-refractivity contribution in [2.24, 2.45) is 0 Å². The molecule has 1 nitrogen and oxygen atoms in total. The molecule has 0 fully saturated rings. The first kappa shape index (κ1) is 13.4. The van der Waals surface area contributed by atoms with Crippen molar-refractivity contribution in [1.82, 2.24) is 0 Å². The molecule has 0 radical (unpaired) electrons. The summed E-state index contributed by atoms with van der Waals surface area (Å²) in [7, 11) is 0. The molecule has 0 unspecified atom stereocenters. The van der Waals surface area contributed by atoms with E-state index in [9.17, 15) is 13.2 Å². The van der Waals surface area contributed by atoms with Crippen molar-refractivity contribution in [2.75, 3.05) is 11.9 Å². The number of rotatable bonds is 3. The van der Waals surface area contributed by atoms with Crippen molar-refractivity contribution in [1.29, 1.82) is 0 Å². The van der Waals surface area contributed by atoms with Gasteiger partial charge in [-0.3, -0.25) is 0 Å². The Morgan fingerprint density at radius 1 is 1.44 bits per heavy atom. The summed E-state index contributed by atoms with van der Waals surface area (Å²) in [6.07, 6.45) is -4.34. The van der Waals surface area contributed by atoms with Crippen LogP contribution in [0.1, 0.15) is 5.56 Å². The quantitative estimate of drug-likeness (QED) is 0.857. The van der Waals surface area contributed by atoms with Gasteiger partial charge < -0.3 is 5.32 Å². The van der Waals surface area contributed by atoms with Gasteiger partial charge in [0.05, 0.1) is 12.1 Å². The predicted octanol–water partition coefficient (Wildman–Crippen LogP) is 4.63. The summed E-state index contributed by atoms with van der Waals surface area (Å²) in [5, 5.41) is 3.23. The standard InChI is InChI=1S/C10H8BrClF3N/c1-6(12)5-16-9-3-2-7(4-8(9)11)10(13,14)15/h2-4,16H,1,5H2. The average molecular weight is 315 g/mol. The number of benzene rings is 1. The Morgan fingerprint density at radius 3 is 2.50 bits per heavy atom. The molecule has 0 aliphatic carbocycles. The highest BCUT2D eigenvalue weighted by molar-refractivity contribution is 9.10. The second-order valence-corrected chi connectivity index (χ2v) is 4.45. The number of hydrogen-bond acceptors (Lipinski definition) is 1. The molecule has 6 heteroatoms. The molecular formula is C10H8BrClF3N. The largest absolute Gasteiger partial charge is 0.416 e. The Morgan fingerprint density at radius 2 is 2.06 bits per heavy atom. The molecule has 1 rings (SSSR count). The molecule has 0 aromatic heterocycles. The number of hydrogen-bond donors (Lipinski definition) is 1. The summed E-state index contributed by atoms with van der Waals surface area (Å²) in [5.74, 6) is 0. The highest BCUT2D eigenvalue weighted by Gasteiger charge is 2.30. The summed E-state index contributed by atoms with van der Waals surface area (Å²) < 4.78 is 37.3. The monoisotopic (exact) mass is 313 g/mol. The molecule has 0 aliphatic rings. The topological polar surface area (TPSA) is 12.0 Å². The summed E-state index contributed by atoms with van der Waals surface area (Å²) in [4.78, 5) is 0. The third-order valence-corrected chi connectivity index (χ3v) is 2.56. The number of anilines is 1. The molecule has 1 aromatic rings. The molecular weight excluding hydrogens is 306 g/mol. The van der Waals surface area contributed by atoms with Gasteiger partial charge in [0.1, 0.15) is 0 Å². The lowest BCUT2D eigenvalue weighted by Crippen LogP contribution is -2.06. The SMILES string of the molecule is C=C(Cl)CNc1ccc(C(F)(F)F)cc1Br. The molecule has 0 saturated carbocycles. The highest BCUT2D eigenvalue weighted by Crippen LogP contribution is 2.33. The maximum absolute atomic E-state index is 12.3. The van der Waals surface area contributed by atoms with Crippen molar-refractivity contribution >= 4 is 33.2 Å². The van der Waals surface area contributed by atoms with E-state index in [4.69, 9.17) is 11.6 Å². The fraction of sp³-hybridized carbons (Fsp3) is 0.200. The highest BCUT2D eigenvalue weighted by atomic mass is 79.9. The molecule has 1 N–H and O–H groups in total. The van der Waals surface area contributed by atoms with Crippen molar-refractivity contribution in [3.63, 3.8) is 0 Å². The van der Waals surface area contributed by atoms with Gasteiger partial charge in [0.15, 0.2) is 0 Å². The smallest absolute Gasteiger partial charge is 0.379 e. The van der Waals surface area contributed by atoms with E-state index in [1.807, 2.05) is 0 Å². The first-order valence-electron chi connectivity index (χ1n) is 4.24. The van der Waals surface area contributed by atoms with Crippen LogP contribution in [0.15, 0.2) is 34.3 Å². The fourth-order valence-electron chi connectivity index (χ4n) is 1.03. The maximum Gasteiger partial charge on any atom is 0.416 e. The number of nitrogens with one attached hydrogen (secondary N) is 1. The van der Waals surface area contributed by atoms with Crippen LogP contribution in [0.2, 0.25) is 0 Å². The van der Waals surface area contributed by atoms with Crippen LogP contribution in [0.4, 0.5) is 18.9 Å². The Kier molecular flexibility index (Phi) is 4.27. The Balaban J connectivity index is 2.88. The molecule has 0 heterocycles. The Bertz CT molecular complexity index is 404. The van der Waals surface area contributed by atoms with Crippen molar-refractivity contribution in [3.8, 4) is 0 Å². The minimum atomic E-state index is -4.34. The molecule has 0 spiro atoms. The van der Waals surface area contributed by atoms with Gasteiger partial charge >= 0.3 is 6.18 Å². The summed E-state index contributed by atoms with van der Waals surface area (Å²) in [6.45, 7) is 3.76. The Labute approximate surface area is 104 Å². The van der Waals surface area contributed by atoms with Gasteiger partial charge in [-0.1, -0.05) is 18.2 Å². The molecule has 0 bridgehead atoms. The molecule has 0 atom stereocenters.